The zero-order valence-corrected chi connectivity index (χ0v) is 20.0. The lowest BCUT2D eigenvalue weighted by Gasteiger charge is -2.32. The number of carbonyl (C=O) groups is 3. The normalized spacial score (nSPS) is 15.8. The van der Waals surface area contributed by atoms with Crippen LogP contribution in [0, 0.1) is 12.3 Å². The van der Waals surface area contributed by atoms with Crippen LogP contribution in [0.3, 0.4) is 0 Å². The fourth-order valence-electron chi connectivity index (χ4n) is 4.04. The van der Waals surface area contributed by atoms with E-state index in [4.69, 9.17) is 4.74 Å². The molecule has 0 spiro atoms. The van der Waals surface area contributed by atoms with Crippen molar-refractivity contribution in [2.45, 2.75) is 66.7 Å². The van der Waals surface area contributed by atoms with E-state index in [1.807, 2.05) is 0 Å². The second kappa shape index (κ2) is 9.68. The fraction of sp³-hybridized carbons (Fsp3) is 0.480. The lowest BCUT2D eigenvalue weighted by Crippen LogP contribution is -2.33. The second-order valence-corrected chi connectivity index (χ2v) is 8.74. The van der Waals surface area contributed by atoms with E-state index in [0.717, 1.165) is 0 Å². The number of aliphatic hydroxyl groups is 2. The van der Waals surface area contributed by atoms with Crippen molar-refractivity contribution < 1.29 is 39.5 Å². The van der Waals surface area contributed by atoms with Crippen LogP contribution in [-0.2, 0) is 16.0 Å². The Hall–Kier alpha value is -3.29. The Labute approximate surface area is 193 Å². The standard InChI is InChI=1S/C25H32O8/c1-7-9-15(26)17-20(29)13(19(28)12(3)22(17)33-6)11-14-21(30)18(16(27)10-8-2)24(32)25(4,5)23(14)31/h28-29,31-32H,7-11H2,1-6H3. The van der Waals surface area contributed by atoms with Gasteiger partial charge in [0.15, 0.2) is 17.3 Å². The topological polar surface area (TPSA) is 141 Å². The maximum atomic E-state index is 13.2. The molecule has 8 heteroatoms. The smallest absolute Gasteiger partial charge is 0.199 e. The molecular weight excluding hydrogens is 428 g/mol. The first-order valence-electron chi connectivity index (χ1n) is 10.9. The van der Waals surface area contributed by atoms with Gasteiger partial charge in [-0.3, -0.25) is 14.4 Å². The van der Waals surface area contributed by atoms with E-state index in [1.54, 1.807) is 13.8 Å². The lowest BCUT2D eigenvalue weighted by atomic mass is 9.74. The largest absolute Gasteiger partial charge is 0.511 e. The number of phenols is 2. The molecule has 180 valence electrons. The molecule has 1 aromatic rings. The molecule has 2 rings (SSSR count). The molecule has 0 saturated heterocycles. The summed E-state index contributed by atoms with van der Waals surface area (Å²) < 4.78 is 5.26. The van der Waals surface area contributed by atoms with E-state index in [9.17, 15) is 34.8 Å². The van der Waals surface area contributed by atoms with Crippen molar-refractivity contribution in [3.63, 3.8) is 0 Å². The van der Waals surface area contributed by atoms with E-state index in [1.165, 1.54) is 27.9 Å². The van der Waals surface area contributed by atoms with Crippen LogP contribution in [0.5, 0.6) is 17.2 Å². The van der Waals surface area contributed by atoms with Gasteiger partial charge in [-0.05, 0) is 33.6 Å². The zero-order valence-electron chi connectivity index (χ0n) is 20.0. The number of ether oxygens (including phenoxy) is 1. The summed E-state index contributed by atoms with van der Waals surface area (Å²) in [5, 5.41) is 43.2. The van der Waals surface area contributed by atoms with Crippen molar-refractivity contribution in [3.05, 3.63) is 39.4 Å². The van der Waals surface area contributed by atoms with Crippen LogP contribution in [0.15, 0.2) is 22.7 Å². The zero-order chi connectivity index (χ0) is 25.2. The van der Waals surface area contributed by atoms with Crippen LogP contribution in [0.1, 0.15) is 74.9 Å². The van der Waals surface area contributed by atoms with Crippen molar-refractivity contribution in [3.8, 4) is 17.2 Å². The molecule has 0 heterocycles. The van der Waals surface area contributed by atoms with Gasteiger partial charge in [0.2, 0.25) is 0 Å². The van der Waals surface area contributed by atoms with Crippen LogP contribution in [0.25, 0.3) is 0 Å². The number of aromatic hydroxyl groups is 2. The number of ketones is 3. The predicted octanol–water partition coefficient (Wildman–Crippen LogP) is 4.54. The monoisotopic (exact) mass is 460 g/mol. The fourth-order valence-corrected chi connectivity index (χ4v) is 4.04. The molecule has 33 heavy (non-hydrogen) atoms. The minimum Gasteiger partial charge on any atom is -0.511 e. The van der Waals surface area contributed by atoms with Crippen molar-refractivity contribution >= 4 is 17.3 Å². The minimum absolute atomic E-state index is 0.0251. The number of aliphatic hydroxyl groups excluding tert-OH is 2. The molecule has 0 unspecified atom stereocenters. The summed E-state index contributed by atoms with van der Waals surface area (Å²) in [6.07, 6.45) is 0.667. The number of rotatable bonds is 9. The molecule has 8 nitrogen and oxygen atoms in total. The van der Waals surface area contributed by atoms with Gasteiger partial charge in [0.1, 0.15) is 39.9 Å². The van der Waals surface area contributed by atoms with Crippen LogP contribution in [0.2, 0.25) is 0 Å². The molecular formula is C25H32O8. The van der Waals surface area contributed by atoms with Gasteiger partial charge in [0, 0.05) is 36.0 Å². The van der Waals surface area contributed by atoms with Gasteiger partial charge in [-0.1, -0.05) is 13.8 Å². The van der Waals surface area contributed by atoms with Crippen molar-refractivity contribution in [2.24, 2.45) is 5.41 Å². The van der Waals surface area contributed by atoms with Crippen molar-refractivity contribution in [1.29, 1.82) is 0 Å². The van der Waals surface area contributed by atoms with Crippen LogP contribution >= 0.6 is 0 Å². The summed E-state index contributed by atoms with van der Waals surface area (Å²) in [5.41, 5.74) is -2.18. The van der Waals surface area contributed by atoms with Crippen molar-refractivity contribution in [1.82, 2.24) is 0 Å². The highest BCUT2D eigenvalue weighted by atomic mass is 16.5. The van der Waals surface area contributed by atoms with E-state index in [2.05, 4.69) is 0 Å². The average Bonchev–Trinajstić information content (AvgIpc) is 2.75. The Morgan fingerprint density at radius 1 is 0.909 bits per heavy atom. The first-order valence-corrected chi connectivity index (χ1v) is 10.9. The van der Waals surface area contributed by atoms with Crippen LogP contribution in [0.4, 0.5) is 0 Å². The Bertz CT molecular complexity index is 1070. The summed E-state index contributed by atoms with van der Waals surface area (Å²) >= 11 is 0. The number of allylic oxidation sites excluding steroid dienone is 2. The Kier molecular flexibility index (Phi) is 7.62. The molecule has 0 saturated carbocycles. The van der Waals surface area contributed by atoms with Crippen LogP contribution in [-0.4, -0.2) is 44.9 Å². The molecule has 0 bridgehead atoms. The SMILES string of the molecule is CCCC(=O)C1=C(O)C(C)(C)C(O)=C(Cc2c(O)c(C)c(OC)c(C(=O)CCC)c2O)C1=O. The van der Waals surface area contributed by atoms with Crippen LogP contribution < -0.4 is 4.74 Å². The second-order valence-electron chi connectivity index (χ2n) is 8.74. The van der Waals surface area contributed by atoms with Gasteiger partial charge in [-0.2, -0.15) is 0 Å². The summed E-state index contributed by atoms with van der Waals surface area (Å²) in [6, 6.07) is 0. The molecule has 4 N–H and O–H groups in total. The highest BCUT2D eigenvalue weighted by Gasteiger charge is 2.44. The molecule has 0 radical (unpaired) electrons. The third-order valence-corrected chi connectivity index (χ3v) is 6.01. The molecule has 1 aromatic carbocycles. The number of Topliss-reactive ketones (excluding diaryl/α,β-unsaturated/α-hetero) is 3. The highest BCUT2D eigenvalue weighted by Crippen LogP contribution is 2.47. The van der Waals surface area contributed by atoms with Gasteiger partial charge in [0.25, 0.3) is 0 Å². The number of carbonyl (C=O) groups excluding carboxylic acids is 3. The Morgan fingerprint density at radius 2 is 1.45 bits per heavy atom. The molecule has 0 aromatic heterocycles. The number of benzene rings is 1. The van der Waals surface area contributed by atoms with Gasteiger partial charge < -0.3 is 25.2 Å². The van der Waals surface area contributed by atoms with Gasteiger partial charge >= 0.3 is 0 Å². The summed E-state index contributed by atoms with van der Waals surface area (Å²) in [7, 11) is 1.31. The summed E-state index contributed by atoms with van der Waals surface area (Å²) in [6.45, 7) is 7.97. The van der Waals surface area contributed by atoms with E-state index >= 15 is 0 Å². The first-order chi connectivity index (χ1) is 15.4. The van der Waals surface area contributed by atoms with E-state index in [-0.39, 0.29) is 40.9 Å². The van der Waals surface area contributed by atoms with Gasteiger partial charge in [0.05, 0.1) is 12.5 Å². The lowest BCUT2D eigenvalue weighted by molar-refractivity contribution is -0.120. The number of hydrogen-bond acceptors (Lipinski definition) is 8. The molecule has 0 aliphatic heterocycles. The summed E-state index contributed by atoms with van der Waals surface area (Å²) in [4.78, 5) is 38.5. The molecule has 1 aliphatic carbocycles. The number of hydrogen-bond donors (Lipinski definition) is 4. The molecule has 1 aliphatic rings. The van der Waals surface area contributed by atoms with E-state index in [0.29, 0.717) is 12.8 Å². The Balaban J connectivity index is 2.74. The minimum atomic E-state index is -1.43. The van der Waals surface area contributed by atoms with E-state index < -0.39 is 57.8 Å². The number of phenolic OH excluding ortho intramolecular Hbond substituents is 2. The third kappa shape index (κ3) is 4.34. The quantitative estimate of drug-likeness (QED) is 0.311. The summed E-state index contributed by atoms with van der Waals surface area (Å²) in [5.74, 6) is -3.77. The first kappa shape index (κ1) is 26.0. The highest BCUT2D eigenvalue weighted by molar-refractivity contribution is 6.27. The van der Waals surface area contributed by atoms with Gasteiger partial charge in [-0.15, -0.1) is 0 Å². The molecule has 0 fully saturated rings. The van der Waals surface area contributed by atoms with Gasteiger partial charge in [-0.25, -0.2) is 0 Å². The molecule has 0 amide bonds. The third-order valence-electron chi connectivity index (χ3n) is 6.01. The molecule has 0 atom stereocenters. The van der Waals surface area contributed by atoms with Crippen molar-refractivity contribution in [2.75, 3.05) is 7.11 Å². The number of methoxy groups -OCH3 is 1. The maximum absolute atomic E-state index is 13.2. The average molecular weight is 461 g/mol. The predicted molar refractivity (Wildman–Crippen MR) is 122 cm³/mol. The Morgan fingerprint density at radius 3 is 1.97 bits per heavy atom. The maximum Gasteiger partial charge on any atom is 0.199 e.